The van der Waals surface area contributed by atoms with E-state index in [-0.39, 0.29) is 36.2 Å². The van der Waals surface area contributed by atoms with Gasteiger partial charge >= 0.3 is 0 Å². The van der Waals surface area contributed by atoms with Crippen LogP contribution in [0.4, 0.5) is 0 Å². The number of hydrogen-bond donors (Lipinski definition) is 1. The van der Waals surface area contributed by atoms with Crippen LogP contribution in [-0.4, -0.2) is 51.1 Å². The van der Waals surface area contributed by atoms with Gasteiger partial charge in [-0.15, -0.1) is 0 Å². The summed E-state index contributed by atoms with van der Waals surface area (Å²) in [5.74, 6) is 0.0233. The van der Waals surface area contributed by atoms with E-state index in [1.54, 1.807) is 0 Å². The number of ketones is 2. The molecule has 0 rings (SSSR count). The van der Waals surface area contributed by atoms with Crippen LogP contribution in [0.15, 0.2) is 0 Å². The number of rotatable bonds is 10. The second kappa shape index (κ2) is 8.34. The summed E-state index contributed by atoms with van der Waals surface area (Å²) in [6.07, 6.45) is 0. The maximum absolute atomic E-state index is 10.8. The van der Waals surface area contributed by atoms with Gasteiger partial charge in [-0.05, 0) is 20.9 Å². The molecule has 1 atom stereocenters. The van der Waals surface area contributed by atoms with Crippen LogP contribution in [0.5, 0.6) is 0 Å². The maximum Gasteiger partial charge on any atom is 0.155 e. The van der Waals surface area contributed by atoms with Crippen molar-refractivity contribution in [3.63, 3.8) is 0 Å². The molecule has 0 radical (unpaired) electrons. The van der Waals surface area contributed by atoms with Crippen molar-refractivity contribution in [3.05, 3.63) is 0 Å². The molecule has 5 nitrogen and oxygen atoms in total. The molecular weight excluding hydrogens is 234 g/mol. The molecule has 18 heavy (non-hydrogen) atoms. The number of carbonyl (C=O) groups is 2. The normalized spacial score (nSPS) is 13.4. The number of hydrogen-bond acceptors (Lipinski definition) is 5. The Kier molecular flexibility index (Phi) is 7.98. The SMILES string of the molecule is CNC(COCC(C)=O)C(C)(C)COCC(C)=O. The lowest BCUT2D eigenvalue weighted by Crippen LogP contribution is -2.46. The van der Waals surface area contributed by atoms with E-state index in [4.69, 9.17) is 9.47 Å². The van der Waals surface area contributed by atoms with Crippen molar-refractivity contribution < 1.29 is 19.1 Å². The van der Waals surface area contributed by atoms with Gasteiger partial charge in [-0.1, -0.05) is 13.8 Å². The largest absolute Gasteiger partial charge is 0.373 e. The second-order valence-corrected chi connectivity index (χ2v) is 5.24. The lowest BCUT2D eigenvalue weighted by Gasteiger charge is -2.33. The zero-order chi connectivity index (χ0) is 14.2. The van der Waals surface area contributed by atoms with Crippen LogP contribution in [0.3, 0.4) is 0 Å². The van der Waals surface area contributed by atoms with Crippen molar-refractivity contribution in [2.45, 2.75) is 33.7 Å². The first-order valence-corrected chi connectivity index (χ1v) is 6.11. The van der Waals surface area contributed by atoms with Crippen LogP contribution in [0.2, 0.25) is 0 Å². The van der Waals surface area contributed by atoms with Crippen molar-refractivity contribution in [2.24, 2.45) is 5.41 Å². The zero-order valence-corrected chi connectivity index (χ0v) is 12.0. The monoisotopic (exact) mass is 259 g/mol. The van der Waals surface area contributed by atoms with E-state index in [2.05, 4.69) is 5.32 Å². The van der Waals surface area contributed by atoms with E-state index in [0.717, 1.165) is 0 Å². The van der Waals surface area contributed by atoms with Crippen molar-refractivity contribution in [1.82, 2.24) is 5.32 Å². The van der Waals surface area contributed by atoms with Crippen LogP contribution >= 0.6 is 0 Å². The Bertz CT molecular complexity index is 276. The lowest BCUT2D eigenvalue weighted by molar-refractivity contribution is -0.124. The third-order valence-electron chi connectivity index (χ3n) is 2.66. The average molecular weight is 259 g/mol. The minimum atomic E-state index is -0.180. The van der Waals surface area contributed by atoms with Gasteiger partial charge < -0.3 is 14.8 Å². The Morgan fingerprint density at radius 3 is 2.06 bits per heavy atom. The zero-order valence-electron chi connectivity index (χ0n) is 12.0. The van der Waals surface area contributed by atoms with Crippen LogP contribution < -0.4 is 5.32 Å². The topological polar surface area (TPSA) is 64.6 Å². The predicted octanol–water partition coefficient (Wildman–Crippen LogP) is 0.812. The fourth-order valence-electron chi connectivity index (χ4n) is 1.58. The van der Waals surface area contributed by atoms with Gasteiger partial charge in [0.1, 0.15) is 13.2 Å². The van der Waals surface area contributed by atoms with Crippen LogP contribution in [0.25, 0.3) is 0 Å². The molecule has 0 fully saturated rings. The van der Waals surface area contributed by atoms with Crippen molar-refractivity contribution in [1.29, 1.82) is 0 Å². The quantitative estimate of drug-likeness (QED) is 0.629. The van der Waals surface area contributed by atoms with E-state index in [1.165, 1.54) is 13.8 Å². The van der Waals surface area contributed by atoms with E-state index >= 15 is 0 Å². The Labute approximate surface area is 109 Å². The van der Waals surface area contributed by atoms with Gasteiger partial charge in [-0.25, -0.2) is 0 Å². The van der Waals surface area contributed by atoms with E-state index < -0.39 is 0 Å². The molecule has 0 heterocycles. The van der Waals surface area contributed by atoms with Crippen molar-refractivity contribution in [3.8, 4) is 0 Å². The third kappa shape index (κ3) is 7.53. The summed E-state index contributed by atoms with van der Waals surface area (Å²) in [5, 5.41) is 3.15. The number of Topliss-reactive ketones (excluding diaryl/α,β-unsaturated/α-hetero) is 2. The molecule has 0 saturated carbocycles. The van der Waals surface area contributed by atoms with Gasteiger partial charge in [-0.2, -0.15) is 0 Å². The smallest absolute Gasteiger partial charge is 0.155 e. The summed E-state index contributed by atoms with van der Waals surface area (Å²) < 4.78 is 10.7. The average Bonchev–Trinajstić information content (AvgIpc) is 2.22. The van der Waals surface area contributed by atoms with Crippen LogP contribution in [0, 0.1) is 5.41 Å². The first kappa shape index (κ1) is 17.2. The minimum absolute atomic E-state index is 0.00971. The molecular formula is C13H25NO4. The van der Waals surface area contributed by atoms with Crippen LogP contribution in [-0.2, 0) is 19.1 Å². The molecule has 106 valence electrons. The Hall–Kier alpha value is -0.780. The number of likely N-dealkylation sites (N-methyl/N-ethyl adjacent to an activating group) is 1. The summed E-state index contributed by atoms with van der Waals surface area (Å²) in [5.41, 5.74) is -0.180. The number of ether oxygens (including phenoxy) is 2. The summed E-state index contributed by atoms with van der Waals surface area (Å²) in [6, 6.07) is 0.0591. The highest BCUT2D eigenvalue weighted by Crippen LogP contribution is 2.21. The van der Waals surface area contributed by atoms with E-state index in [9.17, 15) is 9.59 Å². The lowest BCUT2D eigenvalue weighted by atomic mass is 9.85. The van der Waals surface area contributed by atoms with Gasteiger partial charge in [0, 0.05) is 11.5 Å². The molecule has 0 bridgehead atoms. The molecule has 0 aliphatic carbocycles. The Balaban J connectivity index is 4.15. The predicted molar refractivity (Wildman–Crippen MR) is 69.6 cm³/mol. The molecule has 0 aliphatic heterocycles. The van der Waals surface area contributed by atoms with Gasteiger partial charge in [0.25, 0.3) is 0 Å². The molecule has 0 amide bonds. The molecule has 0 aliphatic rings. The molecule has 1 unspecified atom stereocenters. The summed E-state index contributed by atoms with van der Waals surface area (Å²) in [6.45, 7) is 8.22. The van der Waals surface area contributed by atoms with Crippen LogP contribution in [0.1, 0.15) is 27.7 Å². The Morgan fingerprint density at radius 1 is 1.11 bits per heavy atom. The summed E-state index contributed by atoms with van der Waals surface area (Å²) in [7, 11) is 1.84. The minimum Gasteiger partial charge on any atom is -0.373 e. The van der Waals surface area contributed by atoms with E-state index in [1.807, 2.05) is 20.9 Å². The fraction of sp³-hybridized carbons (Fsp3) is 0.846. The highest BCUT2D eigenvalue weighted by Gasteiger charge is 2.29. The highest BCUT2D eigenvalue weighted by atomic mass is 16.5. The van der Waals surface area contributed by atoms with Crippen molar-refractivity contribution >= 4 is 11.6 Å². The highest BCUT2D eigenvalue weighted by molar-refractivity contribution is 5.76. The standard InChI is InChI=1S/C13H25NO4/c1-10(15)6-17-8-12(14-5)13(3,4)9-18-7-11(2)16/h12,14H,6-9H2,1-5H3. The van der Waals surface area contributed by atoms with E-state index in [0.29, 0.717) is 13.2 Å². The van der Waals surface area contributed by atoms with Crippen molar-refractivity contribution in [2.75, 3.05) is 33.5 Å². The van der Waals surface area contributed by atoms with Gasteiger partial charge in [0.2, 0.25) is 0 Å². The first-order valence-electron chi connectivity index (χ1n) is 6.11. The number of nitrogens with one attached hydrogen (secondary N) is 1. The molecule has 0 aromatic carbocycles. The first-order chi connectivity index (χ1) is 8.29. The maximum atomic E-state index is 10.8. The van der Waals surface area contributed by atoms with Gasteiger partial charge in [0.15, 0.2) is 11.6 Å². The summed E-state index contributed by atoms with van der Waals surface area (Å²) in [4.78, 5) is 21.6. The molecule has 0 spiro atoms. The molecule has 0 saturated heterocycles. The molecule has 1 N–H and O–H groups in total. The number of carbonyl (C=O) groups excluding carboxylic acids is 2. The Morgan fingerprint density at radius 2 is 1.61 bits per heavy atom. The third-order valence-corrected chi connectivity index (χ3v) is 2.66. The summed E-state index contributed by atoms with van der Waals surface area (Å²) >= 11 is 0. The fourth-order valence-corrected chi connectivity index (χ4v) is 1.58. The van der Waals surface area contributed by atoms with Gasteiger partial charge in [-0.3, -0.25) is 9.59 Å². The second-order valence-electron chi connectivity index (χ2n) is 5.24. The van der Waals surface area contributed by atoms with Gasteiger partial charge in [0.05, 0.1) is 13.2 Å². The molecule has 0 aromatic heterocycles. The molecule has 5 heteroatoms. The molecule has 0 aromatic rings.